The van der Waals surface area contributed by atoms with E-state index in [0.717, 1.165) is 17.7 Å². The third-order valence-electron chi connectivity index (χ3n) is 4.31. The molecule has 1 aromatic carbocycles. The van der Waals surface area contributed by atoms with Gasteiger partial charge >= 0.3 is 5.97 Å². The lowest BCUT2D eigenvalue weighted by Crippen LogP contribution is -2.21. The minimum atomic E-state index is -0.995. The average Bonchev–Trinajstić information content (AvgIpc) is 2.36. The molecule has 0 spiro atoms. The summed E-state index contributed by atoms with van der Waals surface area (Å²) in [6, 6.07) is 3.13. The Kier molecular flexibility index (Phi) is 3.19. The second-order valence-electron chi connectivity index (χ2n) is 6.24. The van der Waals surface area contributed by atoms with Gasteiger partial charge in [-0.1, -0.05) is 13.8 Å². The van der Waals surface area contributed by atoms with Gasteiger partial charge in [0.05, 0.1) is 5.56 Å². The van der Waals surface area contributed by atoms with E-state index in [4.69, 9.17) is 0 Å². The van der Waals surface area contributed by atoms with Gasteiger partial charge in [0.15, 0.2) is 0 Å². The number of benzene rings is 1. The van der Waals surface area contributed by atoms with Crippen molar-refractivity contribution in [3.05, 3.63) is 40.3 Å². The molecule has 1 heterocycles. The fourth-order valence-corrected chi connectivity index (χ4v) is 3.57. The maximum Gasteiger partial charge on any atom is 0.336 e. The van der Waals surface area contributed by atoms with Gasteiger partial charge in [0.2, 0.25) is 0 Å². The Labute approximate surface area is 122 Å². The lowest BCUT2D eigenvalue weighted by Gasteiger charge is -2.28. The van der Waals surface area contributed by atoms with E-state index in [-0.39, 0.29) is 17.0 Å². The van der Waals surface area contributed by atoms with Crippen LogP contribution in [0.4, 0.5) is 4.39 Å². The number of hydrogen-bond donors (Lipinski definition) is 1. The van der Waals surface area contributed by atoms with Crippen LogP contribution in [0.25, 0.3) is 10.9 Å². The minimum absolute atomic E-state index is 0.135. The highest BCUT2D eigenvalue weighted by Crippen LogP contribution is 2.39. The third-order valence-corrected chi connectivity index (χ3v) is 4.31. The maximum absolute atomic E-state index is 14.2. The van der Waals surface area contributed by atoms with E-state index < -0.39 is 11.8 Å². The molecule has 0 amide bonds. The standard InChI is InChI=1S/C17H18FNO2/c1-8-4-10(3)14-13(7-8)19-16-11(15(14)17(20)21)5-9(2)6-12(16)18/h5-6,8,10H,4,7H2,1-3H3,(H,20,21). The molecular weight excluding hydrogens is 269 g/mol. The highest BCUT2D eigenvalue weighted by Gasteiger charge is 2.30. The number of carboxylic acid groups (broad SMARTS) is 1. The van der Waals surface area contributed by atoms with Gasteiger partial charge in [0.1, 0.15) is 11.3 Å². The number of aromatic nitrogens is 1. The predicted octanol–water partition coefficient (Wildman–Crippen LogP) is 4.07. The summed E-state index contributed by atoms with van der Waals surface area (Å²) in [6.07, 6.45) is 1.65. The largest absolute Gasteiger partial charge is 0.478 e. The van der Waals surface area contributed by atoms with E-state index >= 15 is 0 Å². The Morgan fingerprint density at radius 3 is 2.76 bits per heavy atom. The highest BCUT2D eigenvalue weighted by molar-refractivity contribution is 6.04. The second-order valence-corrected chi connectivity index (χ2v) is 6.24. The maximum atomic E-state index is 14.2. The summed E-state index contributed by atoms with van der Waals surface area (Å²) in [5, 5.41) is 10.1. The van der Waals surface area contributed by atoms with Crippen LogP contribution in [0.3, 0.4) is 0 Å². The monoisotopic (exact) mass is 287 g/mol. The number of aromatic carboxylic acids is 1. The number of nitrogens with zero attached hydrogens (tertiary/aromatic N) is 1. The number of carbonyl (C=O) groups is 1. The van der Waals surface area contributed by atoms with Crippen LogP contribution < -0.4 is 0 Å². The molecule has 110 valence electrons. The molecule has 3 nitrogen and oxygen atoms in total. The molecule has 1 aromatic heterocycles. The quantitative estimate of drug-likeness (QED) is 0.860. The Bertz CT molecular complexity index is 754. The first kappa shape index (κ1) is 14.0. The molecule has 2 aromatic rings. The first-order valence-corrected chi connectivity index (χ1v) is 7.24. The van der Waals surface area contributed by atoms with Crippen molar-refractivity contribution in [3.8, 4) is 0 Å². The van der Waals surface area contributed by atoms with Gasteiger partial charge in [-0.2, -0.15) is 0 Å². The molecule has 4 heteroatoms. The van der Waals surface area contributed by atoms with Gasteiger partial charge in [-0.05, 0) is 54.9 Å². The van der Waals surface area contributed by atoms with Crippen LogP contribution >= 0.6 is 0 Å². The summed E-state index contributed by atoms with van der Waals surface area (Å²) >= 11 is 0. The van der Waals surface area contributed by atoms with Gasteiger partial charge in [0, 0.05) is 11.1 Å². The van der Waals surface area contributed by atoms with Crippen molar-refractivity contribution in [3.63, 3.8) is 0 Å². The molecule has 0 radical (unpaired) electrons. The van der Waals surface area contributed by atoms with Crippen molar-refractivity contribution in [2.45, 2.75) is 39.5 Å². The smallest absolute Gasteiger partial charge is 0.336 e. The summed E-state index contributed by atoms with van der Waals surface area (Å²) in [5.41, 5.74) is 2.66. The molecule has 2 unspecified atom stereocenters. The number of halogens is 1. The number of aryl methyl sites for hydroxylation is 1. The van der Waals surface area contributed by atoms with Gasteiger partial charge in [-0.3, -0.25) is 0 Å². The summed E-state index contributed by atoms with van der Waals surface area (Å²) in [6.45, 7) is 5.91. The molecule has 1 aliphatic rings. The Morgan fingerprint density at radius 2 is 2.10 bits per heavy atom. The average molecular weight is 287 g/mol. The zero-order valence-electron chi connectivity index (χ0n) is 12.4. The van der Waals surface area contributed by atoms with Crippen LogP contribution in [0.1, 0.15) is 53.4 Å². The summed E-state index contributed by atoms with van der Waals surface area (Å²) in [7, 11) is 0. The molecule has 0 bridgehead atoms. The number of rotatable bonds is 1. The van der Waals surface area contributed by atoms with Gasteiger partial charge < -0.3 is 5.11 Å². The topological polar surface area (TPSA) is 50.2 Å². The number of fused-ring (bicyclic) bond motifs is 2. The third kappa shape index (κ3) is 2.19. The molecule has 3 rings (SSSR count). The van der Waals surface area contributed by atoms with E-state index in [1.807, 2.05) is 6.92 Å². The lowest BCUT2D eigenvalue weighted by atomic mass is 9.78. The number of carboxylic acids is 1. The van der Waals surface area contributed by atoms with Crippen molar-refractivity contribution in [2.75, 3.05) is 0 Å². The van der Waals surface area contributed by atoms with Crippen molar-refractivity contribution >= 4 is 16.9 Å². The second kappa shape index (κ2) is 4.79. The Balaban J connectivity index is 2.45. The molecule has 21 heavy (non-hydrogen) atoms. The van der Waals surface area contributed by atoms with Gasteiger partial charge in [-0.15, -0.1) is 0 Å². The minimum Gasteiger partial charge on any atom is -0.478 e. The molecule has 0 fully saturated rings. The van der Waals surface area contributed by atoms with Crippen LogP contribution in [-0.2, 0) is 6.42 Å². The normalized spacial score (nSPS) is 21.3. The summed E-state index contributed by atoms with van der Waals surface area (Å²) in [5.74, 6) is -0.867. The van der Waals surface area contributed by atoms with Crippen LogP contribution in [-0.4, -0.2) is 16.1 Å². The molecule has 0 saturated carbocycles. The lowest BCUT2D eigenvalue weighted by molar-refractivity contribution is 0.0696. The fourth-order valence-electron chi connectivity index (χ4n) is 3.57. The van der Waals surface area contributed by atoms with E-state index in [9.17, 15) is 14.3 Å². The van der Waals surface area contributed by atoms with E-state index in [0.29, 0.717) is 23.3 Å². The van der Waals surface area contributed by atoms with Crippen LogP contribution in [0.5, 0.6) is 0 Å². The molecular formula is C17H18FNO2. The van der Waals surface area contributed by atoms with Crippen molar-refractivity contribution in [2.24, 2.45) is 5.92 Å². The summed E-state index contributed by atoms with van der Waals surface area (Å²) in [4.78, 5) is 16.2. The predicted molar refractivity (Wildman–Crippen MR) is 79.3 cm³/mol. The molecule has 0 aliphatic heterocycles. The van der Waals surface area contributed by atoms with Crippen LogP contribution in [0.15, 0.2) is 12.1 Å². The fraction of sp³-hybridized carbons (Fsp3) is 0.412. The molecule has 1 N–H and O–H groups in total. The van der Waals surface area contributed by atoms with Crippen molar-refractivity contribution in [1.29, 1.82) is 0 Å². The Morgan fingerprint density at radius 1 is 1.38 bits per heavy atom. The first-order valence-electron chi connectivity index (χ1n) is 7.24. The highest BCUT2D eigenvalue weighted by atomic mass is 19.1. The van der Waals surface area contributed by atoms with Crippen LogP contribution in [0.2, 0.25) is 0 Å². The SMILES string of the molecule is Cc1cc(F)c2nc3c(c(C(=O)O)c2c1)C(C)CC(C)C3. The van der Waals surface area contributed by atoms with E-state index in [2.05, 4.69) is 11.9 Å². The van der Waals surface area contributed by atoms with E-state index in [1.165, 1.54) is 6.07 Å². The Hall–Kier alpha value is -1.97. The molecule has 2 atom stereocenters. The van der Waals surface area contributed by atoms with Gasteiger partial charge in [0.25, 0.3) is 0 Å². The van der Waals surface area contributed by atoms with Crippen molar-refractivity contribution < 1.29 is 14.3 Å². The molecule has 1 aliphatic carbocycles. The zero-order chi connectivity index (χ0) is 15.3. The summed E-state index contributed by atoms with van der Waals surface area (Å²) < 4.78 is 14.2. The zero-order valence-corrected chi connectivity index (χ0v) is 12.4. The first-order chi connectivity index (χ1) is 9.88. The molecule has 0 saturated heterocycles. The van der Waals surface area contributed by atoms with Gasteiger partial charge in [-0.25, -0.2) is 14.2 Å². The van der Waals surface area contributed by atoms with Crippen LogP contribution in [0, 0.1) is 18.7 Å². The van der Waals surface area contributed by atoms with Crippen molar-refractivity contribution in [1.82, 2.24) is 4.98 Å². The van der Waals surface area contributed by atoms with E-state index in [1.54, 1.807) is 13.0 Å². The number of pyridine rings is 1. The number of hydrogen-bond acceptors (Lipinski definition) is 2.